The largest absolute Gasteiger partial charge is 0.468 e. The molecule has 0 fully saturated rings. The lowest BCUT2D eigenvalue weighted by Crippen LogP contribution is -2.60. The molecule has 1 aliphatic heterocycles. The molecule has 0 saturated carbocycles. The summed E-state index contributed by atoms with van der Waals surface area (Å²) in [6, 6.07) is 0. The molecule has 0 aromatic heterocycles. The lowest BCUT2D eigenvalue weighted by Gasteiger charge is -2.45. The summed E-state index contributed by atoms with van der Waals surface area (Å²) in [5.41, 5.74) is 4.35. The lowest BCUT2D eigenvalue weighted by molar-refractivity contribution is -0.156. The first-order chi connectivity index (χ1) is 12.3. The summed E-state index contributed by atoms with van der Waals surface area (Å²) >= 11 is 0. The molecule has 1 amide bonds. The molecule has 7 nitrogen and oxygen atoms in total. The zero-order chi connectivity index (χ0) is 19.3. The van der Waals surface area contributed by atoms with E-state index in [1.54, 1.807) is 18.2 Å². The minimum Gasteiger partial charge on any atom is -0.468 e. The molecule has 4 atom stereocenters. The van der Waals surface area contributed by atoms with Crippen molar-refractivity contribution in [2.24, 2.45) is 16.6 Å². The van der Waals surface area contributed by atoms with Crippen LogP contribution in [0.3, 0.4) is 0 Å². The van der Waals surface area contributed by atoms with Crippen molar-refractivity contribution >= 4 is 11.8 Å². The molecular weight excluding hydrogens is 336 g/mol. The van der Waals surface area contributed by atoms with Crippen LogP contribution in [0.2, 0.25) is 0 Å². The molecule has 26 heavy (non-hydrogen) atoms. The summed E-state index contributed by atoms with van der Waals surface area (Å²) in [4.78, 5) is 15.4. The molecular formula is C19H28N2O5. The van der Waals surface area contributed by atoms with Gasteiger partial charge in [0.15, 0.2) is 6.10 Å². The monoisotopic (exact) mass is 364 g/mol. The molecule has 1 aliphatic carbocycles. The summed E-state index contributed by atoms with van der Waals surface area (Å²) in [5, 5.41) is 21.0. The van der Waals surface area contributed by atoms with E-state index in [2.05, 4.69) is 18.8 Å². The number of aliphatic hydroxyl groups excluding tert-OH is 2. The highest BCUT2D eigenvalue weighted by Crippen LogP contribution is 2.38. The second-order valence-electron chi connectivity index (χ2n) is 6.98. The molecule has 2 bridgehead atoms. The molecule has 4 unspecified atom stereocenters. The van der Waals surface area contributed by atoms with Gasteiger partial charge < -0.3 is 25.4 Å². The summed E-state index contributed by atoms with van der Waals surface area (Å²) in [5.74, 6) is 0.371. The molecule has 0 saturated heterocycles. The summed E-state index contributed by atoms with van der Waals surface area (Å²) < 4.78 is 11.1. The number of fused-ring (bicyclic) bond motifs is 2. The van der Waals surface area contributed by atoms with Crippen LogP contribution in [-0.4, -0.2) is 53.2 Å². The number of carbonyl (C=O) groups excluding carboxylic acids is 1. The number of hydrogen-bond donors (Lipinski definition) is 3. The van der Waals surface area contributed by atoms with Gasteiger partial charge in [0.25, 0.3) is 0 Å². The highest BCUT2D eigenvalue weighted by Gasteiger charge is 2.53. The Morgan fingerprint density at radius 3 is 2.81 bits per heavy atom. The number of aliphatic hydroxyl groups is 2. The number of nitrogens with two attached hydrogens (primary N) is 1. The Kier molecular flexibility index (Phi) is 6.75. The van der Waals surface area contributed by atoms with E-state index in [4.69, 9.17) is 15.2 Å². The van der Waals surface area contributed by atoms with Gasteiger partial charge in [0, 0.05) is 13.5 Å². The van der Waals surface area contributed by atoms with E-state index in [-0.39, 0.29) is 18.7 Å². The first-order valence-corrected chi connectivity index (χ1v) is 8.80. The first-order valence-electron chi connectivity index (χ1n) is 8.80. The normalized spacial score (nSPS) is 31.2. The maximum atomic E-state index is 11.0. The Hall–Kier alpha value is -1.96. The second kappa shape index (κ2) is 8.62. The molecule has 0 aromatic carbocycles. The van der Waals surface area contributed by atoms with E-state index in [0.29, 0.717) is 11.5 Å². The molecule has 2 rings (SSSR count). The highest BCUT2D eigenvalue weighted by molar-refractivity contribution is 5.89. The fourth-order valence-corrected chi connectivity index (χ4v) is 2.98. The molecule has 0 radical (unpaired) electrons. The van der Waals surface area contributed by atoms with Gasteiger partial charge in [-0.15, -0.1) is 0 Å². The third-order valence-corrected chi connectivity index (χ3v) is 4.44. The maximum Gasteiger partial charge on any atom is 0.217 e. The molecule has 144 valence electrons. The van der Waals surface area contributed by atoms with Gasteiger partial charge in [-0.1, -0.05) is 32.1 Å². The minimum atomic E-state index is -1.35. The number of allylic oxidation sites excluding steroid dienone is 3. The standard InChI is InChI=1S/C19H28N2O5/c1-12(2)7-5-4-6-8-15-21-19(25-3)11-13(9-10-14(20)22)16(23)17(26-15)18(19)24/h4-6,8,11-12,16-18,23-24H,7,9-10H2,1-3H3,(H2,20,22). The zero-order valence-corrected chi connectivity index (χ0v) is 15.5. The number of methoxy groups -OCH3 is 1. The molecule has 4 N–H and O–H groups in total. The highest BCUT2D eigenvalue weighted by atomic mass is 16.6. The van der Waals surface area contributed by atoms with E-state index in [1.165, 1.54) is 7.11 Å². The zero-order valence-electron chi connectivity index (χ0n) is 15.5. The van der Waals surface area contributed by atoms with Crippen molar-refractivity contribution in [3.8, 4) is 0 Å². The Balaban J connectivity index is 2.24. The van der Waals surface area contributed by atoms with Crippen LogP contribution in [0.15, 0.2) is 40.9 Å². The third kappa shape index (κ3) is 4.60. The molecule has 0 spiro atoms. The molecule has 1 heterocycles. The van der Waals surface area contributed by atoms with Crippen LogP contribution in [0.1, 0.15) is 33.1 Å². The predicted molar refractivity (Wildman–Crippen MR) is 98.3 cm³/mol. The van der Waals surface area contributed by atoms with Crippen molar-refractivity contribution in [1.29, 1.82) is 0 Å². The van der Waals surface area contributed by atoms with E-state index < -0.39 is 29.9 Å². The second-order valence-corrected chi connectivity index (χ2v) is 6.98. The number of hydrogen-bond acceptors (Lipinski definition) is 6. The third-order valence-electron chi connectivity index (χ3n) is 4.44. The van der Waals surface area contributed by atoms with Gasteiger partial charge in [0.05, 0.1) is 0 Å². The summed E-state index contributed by atoms with van der Waals surface area (Å²) in [6.07, 6.45) is 7.12. The Bertz CT molecular complexity index is 638. The number of nitrogens with zero attached hydrogens (tertiary/aromatic N) is 1. The lowest BCUT2D eigenvalue weighted by atomic mass is 9.82. The average molecular weight is 364 g/mol. The number of amides is 1. The van der Waals surface area contributed by atoms with Crippen molar-refractivity contribution < 1.29 is 24.5 Å². The van der Waals surface area contributed by atoms with E-state index in [0.717, 1.165) is 6.42 Å². The van der Waals surface area contributed by atoms with Crippen molar-refractivity contribution in [2.75, 3.05) is 7.11 Å². The van der Waals surface area contributed by atoms with Crippen LogP contribution in [0.4, 0.5) is 0 Å². The van der Waals surface area contributed by atoms with Crippen LogP contribution < -0.4 is 5.73 Å². The predicted octanol–water partition coefficient (Wildman–Crippen LogP) is 1.21. The van der Waals surface area contributed by atoms with Crippen molar-refractivity contribution in [3.63, 3.8) is 0 Å². The number of ether oxygens (including phenoxy) is 2. The topological polar surface area (TPSA) is 114 Å². The van der Waals surface area contributed by atoms with Gasteiger partial charge in [0.1, 0.15) is 12.2 Å². The Morgan fingerprint density at radius 2 is 2.19 bits per heavy atom. The Labute approximate surface area is 153 Å². The van der Waals surface area contributed by atoms with Crippen LogP contribution in [-0.2, 0) is 14.3 Å². The maximum absolute atomic E-state index is 11.0. The minimum absolute atomic E-state index is 0.0859. The summed E-state index contributed by atoms with van der Waals surface area (Å²) in [6.45, 7) is 4.27. The van der Waals surface area contributed by atoms with E-state index in [1.807, 2.05) is 12.2 Å². The SMILES string of the molecule is COC12C=C(CCC(N)=O)C(O)C(OC(C=CC=CCC(C)C)=N1)C2O. The summed E-state index contributed by atoms with van der Waals surface area (Å²) in [7, 11) is 1.43. The first kappa shape index (κ1) is 20.4. The molecule has 0 aromatic rings. The van der Waals surface area contributed by atoms with Gasteiger partial charge in [-0.3, -0.25) is 4.79 Å². The number of aliphatic imine (C=N–C) groups is 1. The van der Waals surface area contributed by atoms with Crippen LogP contribution in [0.25, 0.3) is 0 Å². The van der Waals surface area contributed by atoms with E-state index in [9.17, 15) is 15.0 Å². The van der Waals surface area contributed by atoms with Crippen LogP contribution in [0.5, 0.6) is 0 Å². The fourth-order valence-electron chi connectivity index (χ4n) is 2.98. The van der Waals surface area contributed by atoms with Gasteiger partial charge >= 0.3 is 0 Å². The number of carbonyl (C=O) groups is 1. The van der Waals surface area contributed by atoms with Crippen LogP contribution >= 0.6 is 0 Å². The number of rotatable bonds is 8. The molecule has 7 heteroatoms. The molecule has 2 aliphatic rings. The van der Waals surface area contributed by atoms with Crippen LogP contribution in [0, 0.1) is 5.92 Å². The van der Waals surface area contributed by atoms with Gasteiger partial charge in [-0.05, 0) is 36.5 Å². The van der Waals surface area contributed by atoms with Gasteiger partial charge in [-0.2, -0.15) is 0 Å². The van der Waals surface area contributed by atoms with E-state index >= 15 is 0 Å². The van der Waals surface area contributed by atoms with Crippen molar-refractivity contribution in [1.82, 2.24) is 0 Å². The average Bonchev–Trinajstić information content (AvgIpc) is 2.58. The number of primary amides is 1. The fraction of sp³-hybridized carbons (Fsp3) is 0.579. The quantitative estimate of drug-likeness (QED) is 0.442. The van der Waals surface area contributed by atoms with Crippen molar-refractivity contribution in [3.05, 3.63) is 36.0 Å². The van der Waals surface area contributed by atoms with Crippen molar-refractivity contribution in [2.45, 2.75) is 57.1 Å². The van der Waals surface area contributed by atoms with Gasteiger partial charge in [-0.25, -0.2) is 4.99 Å². The smallest absolute Gasteiger partial charge is 0.217 e. The van der Waals surface area contributed by atoms with Gasteiger partial charge in [0.2, 0.25) is 17.5 Å². The Morgan fingerprint density at radius 1 is 1.46 bits per heavy atom.